The number of amides is 4. The normalized spacial score (nSPS) is 28.9. The Bertz CT molecular complexity index is 1790. The van der Waals surface area contributed by atoms with Gasteiger partial charge in [0.1, 0.15) is 5.82 Å². The van der Waals surface area contributed by atoms with E-state index in [2.05, 4.69) is 5.43 Å². The Morgan fingerprint density at radius 1 is 0.956 bits per heavy atom. The Morgan fingerprint density at radius 3 is 2.33 bits per heavy atom. The molecule has 4 aliphatic rings. The van der Waals surface area contributed by atoms with Gasteiger partial charge in [-0.25, -0.2) is 4.39 Å². The second-order valence-electron chi connectivity index (χ2n) is 12.0. The summed E-state index contributed by atoms with van der Waals surface area (Å²) in [6, 6.07) is 16.9. The zero-order chi connectivity index (χ0) is 31.8. The Balaban J connectivity index is 1.47. The molecule has 1 saturated carbocycles. The third-order valence-electron chi connectivity index (χ3n) is 10.0. The lowest BCUT2D eigenvalue weighted by molar-refractivity contribution is -0.140. The van der Waals surface area contributed by atoms with Gasteiger partial charge in [0.25, 0.3) is 11.8 Å². The first-order valence-electron chi connectivity index (χ1n) is 14.6. The Labute approximate surface area is 263 Å². The number of hydrogen-bond donors (Lipinski definition) is 2. The van der Waals surface area contributed by atoms with Crippen molar-refractivity contribution < 1.29 is 33.4 Å². The number of hydrazine groups is 1. The average molecular weight is 630 g/mol. The van der Waals surface area contributed by atoms with Crippen LogP contribution in [0.4, 0.5) is 10.1 Å². The number of halogens is 2. The number of carbonyl (C=O) groups excluding carboxylic acids is 4. The molecule has 230 valence electrons. The standard InChI is InChI=1S/C34H29ClFN3O6/c1-38-30(41)23-13-12-22-24(28(23)32(38)43)16-25-31(42)39(37-21-10-8-20(36)9-11-21)33(44)34(25,18-4-6-19(35)7-5-18)29(22)17-3-14-27(45-2)26(40)15-17/h3-12,14-15,23-25,28-29,37,40H,13,16H2,1-2H3. The van der Waals surface area contributed by atoms with Gasteiger partial charge in [-0.3, -0.25) is 29.5 Å². The molecule has 11 heteroatoms. The number of allylic oxidation sites excluding steroid dienone is 2. The maximum absolute atomic E-state index is 15.0. The first-order chi connectivity index (χ1) is 21.6. The molecule has 0 bridgehead atoms. The van der Waals surface area contributed by atoms with Crippen molar-refractivity contribution in [1.82, 2.24) is 9.91 Å². The SMILES string of the molecule is COc1ccc(C2C3=CCC4C(=O)N(C)C(=O)C4C3CC3C(=O)N(Nc4ccc(F)cc4)C(=O)C32c2ccc(Cl)cc2)cc1O. The van der Waals surface area contributed by atoms with Gasteiger partial charge in [-0.15, -0.1) is 0 Å². The second kappa shape index (κ2) is 10.4. The smallest absolute Gasteiger partial charge is 0.260 e. The lowest BCUT2D eigenvalue weighted by Gasteiger charge is -2.50. The largest absolute Gasteiger partial charge is 0.504 e. The van der Waals surface area contributed by atoms with E-state index >= 15 is 0 Å². The van der Waals surface area contributed by atoms with E-state index < -0.39 is 52.6 Å². The van der Waals surface area contributed by atoms with Gasteiger partial charge < -0.3 is 9.84 Å². The van der Waals surface area contributed by atoms with E-state index in [1.54, 1.807) is 36.4 Å². The van der Waals surface area contributed by atoms with Crippen LogP contribution in [0.25, 0.3) is 0 Å². The fourth-order valence-corrected chi connectivity index (χ4v) is 8.20. The van der Waals surface area contributed by atoms with Crippen LogP contribution in [0.1, 0.15) is 29.9 Å². The van der Waals surface area contributed by atoms with Gasteiger partial charge in [0.2, 0.25) is 11.8 Å². The lowest BCUT2D eigenvalue weighted by Crippen LogP contribution is -2.53. The molecule has 9 nitrogen and oxygen atoms in total. The zero-order valence-corrected chi connectivity index (χ0v) is 25.1. The summed E-state index contributed by atoms with van der Waals surface area (Å²) in [6.07, 6.45) is 2.36. The molecule has 6 atom stereocenters. The van der Waals surface area contributed by atoms with Crippen LogP contribution in [0.5, 0.6) is 11.5 Å². The summed E-state index contributed by atoms with van der Waals surface area (Å²) in [5, 5.41) is 12.3. The first kappa shape index (κ1) is 29.0. The van der Waals surface area contributed by atoms with Crippen LogP contribution in [0.15, 0.2) is 78.4 Å². The molecule has 2 aliphatic carbocycles. The van der Waals surface area contributed by atoms with Crippen LogP contribution in [0.3, 0.4) is 0 Å². The minimum Gasteiger partial charge on any atom is -0.504 e. The van der Waals surface area contributed by atoms with Gasteiger partial charge in [0, 0.05) is 18.0 Å². The summed E-state index contributed by atoms with van der Waals surface area (Å²) >= 11 is 6.29. The van der Waals surface area contributed by atoms with E-state index in [-0.39, 0.29) is 29.7 Å². The quantitative estimate of drug-likeness (QED) is 0.307. The van der Waals surface area contributed by atoms with Gasteiger partial charge in [-0.1, -0.05) is 41.4 Å². The van der Waals surface area contributed by atoms with Gasteiger partial charge in [0.05, 0.1) is 36.0 Å². The summed E-state index contributed by atoms with van der Waals surface area (Å²) in [7, 11) is 2.90. The third kappa shape index (κ3) is 4.11. The van der Waals surface area contributed by atoms with E-state index in [9.17, 15) is 28.7 Å². The second-order valence-corrected chi connectivity index (χ2v) is 12.5. The summed E-state index contributed by atoms with van der Waals surface area (Å²) < 4.78 is 19.0. The molecule has 7 rings (SSSR count). The number of carbonyl (C=O) groups is 4. The molecule has 0 spiro atoms. The van der Waals surface area contributed by atoms with Crippen molar-refractivity contribution in [2.45, 2.75) is 24.2 Å². The number of fused-ring (bicyclic) bond motifs is 4. The lowest BCUT2D eigenvalue weighted by atomic mass is 9.49. The van der Waals surface area contributed by atoms with Crippen LogP contribution >= 0.6 is 11.6 Å². The third-order valence-corrected chi connectivity index (χ3v) is 10.3. The number of methoxy groups -OCH3 is 1. The Kier molecular flexibility index (Phi) is 6.74. The molecule has 0 radical (unpaired) electrons. The molecular weight excluding hydrogens is 601 g/mol. The molecule has 3 fully saturated rings. The van der Waals surface area contributed by atoms with E-state index in [4.69, 9.17) is 16.3 Å². The predicted molar refractivity (Wildman–Crippen MR) is 161 cm³/mol. The zero-order valence-electron chi connectivity index (χ0n) is 24.4. The topological polar surface area (TPSA) is 116 Å². The Hall–Kier alpha value is -4.70. The maximum Gasteiger partial charge on any atom is 0.260 e. The molecular formula is C34H29ClFN3O6. The molecule has 3 aromatic carbocycles. The number of rotatable bonds is 5. The van der Waals surface area contributed by atoms with Crippen LogP contribution in [0, 0.1) is 29.5 Å². The summed E-state index contributed by atoms with van der Waals surface area (Å²) in [4.78, 5) is 57.2. The number of phenols is 1. The number of imide groups is 2. The molecule has 2 saturated heterocycles. The van der Waals surface area contributed by atoms with E-state index in [0.29, 0.717) is 28.3 Å². The van der Waals surface area contributed by atoms with Crippen molar-refractivity contribution in [3.05, 3.63) is 100 Å². The van der Waals surface area contributed by atoms with Crippen LogP contribution in [-0.4, -0.2) is 52.8 Å². The van der Waals surface area contributed by atoms with Crippen LogP contribution in [-0.2, 0) is 24.6 Å². The fraction of sp³-hybridized carbons (Fsp3) is 0.294. The van der Waals surface area contributed by atoms with Gasteiger partial charge in [-0.2, -0.15) is 5.01 Å². The fourth-order valence-electron chi connectivity index (χ4n) is 8.07. The number of benzene rings is 3. The first-order valence-corrected chi connectivity index (χ1v) is 15.0. The number of nitrogens with one attached hydrogen (secondary N) is 1. The van der Waals surface area contributed by atoms with Gasteiger partial charge in [-0.05, 0) is 78.4 Å². The summed E-state index contributed by atoms with van der Waals surface area (Å²) in [5.74, 6) is -5.60. The van der Waals surface area contributed by atoms with Crippen molar-refractivity contribution in [3.63, 3.8) is 0 Å². The van der Waals surface area contributed by atoms with Crippen molar-refractivity contribution >= 4 is 40.9 Å². The molecule has 3 aromatic rings. The average Bonchev–Trinajstić information content (AvgIpc) is 3.38. The maximum atomic E-state index is 15.0. The molecule has 6 unspecified atom stereocenters. The number of anilines is 1. The van der Waals surface area contributed by atoms with Crippen molar-refractivity contribution in [1.29, 1.82) is 0 Å². The van der Waals surface area contributed by atoms with Crippen molar-refractivity contribution in [3.8, 4) is 11.5 Å². The molecule has 45 heavy (non-hydrogen) atoms. The number of nitrogens with zero attached hydrogens (tertiary/aromatic N) is 2. The minimum atomic E-state index is -1.53. The summed E-state index contributed by atoms with van der Waals surface area (Å²) in [5.41, 5.74) is 3.54. The number of ether oxygens (including phenoxy) is 1. The van der Waals surface area contributed by atoms with Gasteiger partial charge in [0.15, 0.2) is 11.5 Å². The number of phenolic OH excluding ortho intramolecular Hbond substituents is 1. The van der Waals surface area contributed by atoms with Crippen LogP contribution < -0.4 is 10.2 Å². The highest BCUT2D eigenvalue weighted by Crippen LogP contribution is 2.64. The van der Waals surface area contributed by atoms with Gasteiger partial charge >= 0.3 is 0 Å². The van der Waals surface area contributed by atoms with Crippen LogP contribution in [0.2, 0.25) is 5.02 Å². The Morgan fingerprint density at radius 2 is 1.67 bits per heavy atom. The molecule has 2 heterocycles. The van der Waals surface area contributed by atoms with E-state index in [1.807, 2.05) is 6.08 Å². The number of aromatic hydroxyl groups is 1. The number of hydrogen-bond acceptors (Lipinski definition) is 7. The number of likely N-dealkylation sites (tertiary alicyclic amines) is 1. The highest BCUT2D eigenvalue weighted by Gasteiger charge is 2.70. The predicted octanol–water partition coefficient (Wildman–Crippen LogP) is 4.81. The van der Waals surface area contributed by atoms with E-state index in [0.717, 1.165) is 15.5 Å². The molecule has 2 aliphatic heterocycles. The molecule has 4 amide bonds. The molecule has 2 N–H and O–H groups in total. The highest BCUT2D eigenvalue weighted by molar-refractivity contribution is 6.30. The minimum absolute atomic E-state index is 0.132. The molecule has 0 aromatic heterocycles. The van der Waals surface area contributed by atoms with Crippen molar-refractivity contribution in [2.24, 2.45) is 23.7 Å². The van der Waals surface area contributed by atoms with E-state index in [1.165, 1.54) is 44.5 Å². The summed E-state index contributed by atoms with van der Waals surface area (Å²) in [6.45, 7) is 0. The highest BCUT2D eigenvalue weighted by atomic mass is 35.5. The monoisotopic (exact) mass is 629 g/mol. The van der Waals surface area contributed by atoms with Crippen molar-refractivity contribution in [2.75, 3.05) is 19.6 Å².